The minimum atomic E-state index is -3.92. The van der Waals surface area contributed by atoms with E-state index in [1.54, 1.807) is 0 Å². The van der Waals surface area contributed by atoms with Gasteiger partial charge in [-0.25, -0.2) is 17.2 Å². The second-order valence-corrected chi connectivity index (χ2v) is 8.83. The van der Waals surface area contributed by atoms with Gasteiger partial charge in [0.1, 0.15) is 0 Å². The fourth-order valence-electron chi connectivity index (χ4n) is 3.30. The number of rotatable bonds is 5. The van der Waals surface area contributed by atoms with Crippen LogP contribution < -0.4 is 5.32 Å². The van der Waals surface area contributed by atoms with Gasteiger partial charge in [-0.3, -0.25) is 4.79 Å². The highest BCUT2D eigenvalue weighted by molar-refractivity contribution is 7.89. The lowest BCUT2D eigenvalue weighted by Gasteiger charge is -2.31. The zero-order valence-electron chi connectivity index (χ0n) is 15.4. The number of sulfonamides is 1. The highest BCUT2D eigenvalue weighted by Crippen LogP contribution is 2.25. The fraction of sp³-hybridized carbons (Fsp3) is 0.350. The average molecular weight is 408 g/mol. The van der Waals surface area contributed by atoms with E-state index < -0.39 is 21.7 Å². The average Bonchev–Trinajstić information content (AvgIpc) is 2.70. The van der Waals surface area contributed by atoms with Crippen LogP contribution in [0.25, 0.3) is 0 Å². The summed E-state index contributed by atoms with van der Waals surface area (Å²) < 4.78 is 52.9. The van der Waals surface area contributed by atoms with Crippen LogP contribution in [0.3, 0.4) is 0 Å². The first-order chi connectivity index (χ1) is 13.3. The van der Waals surface area contributed by atoms with Crippen LogP contribution >= 0.6 is 0 Å². The summed E-state index contributed by atoms with van der Waals surface area (Å²) in [6.45, 7) is 2.20. The standard InChI is InChI=1S/C20H22F2N2O3S/c1-14(15-5-3-2-4-6-15)23-20(25)16-9-11-24(12-10-16)28(26,27)17-7-8-18(21)19(22)13-17/h2-8,13-14,16H,9-12H2,1H3,(H,23,25). The van der Waals surface area contributed by atoms with E-state index in [1.807, 2.05) is 37.3 Å². The third kappa shape index (κ3) is 4.39. The predicted octanol–water partition coefficient (Wildman–Crippen LogP) is 3.24. The van der Waals surface area contributed by atoms with E-state index in [9.17, 15) is 22.0 Å². The molecule has 2 aromatic rings. The highest BCUT2D eigenvalue weighted by atomic mass is 32.2. The van der Waals surface area contributed by atoms with Gasteiger partial charge in [-0.2, -0.15) is 4.31 Å². The van der Waals surface area contributed by atoms with Crippen LogP contribution in [0.15, 0.2) is 53.4 Å². The van der Waals surface area contributed by atoms with Gasteiger partial charge >= 0.3 is 0 Å². The molecular weight excluding hydrogens is 386 g/mol. The van der Waals surface area contributed by atoms with E-state index in [0.717, 1.165) is 17.7 Å². The summed E-state index contributed by atoms with van der Waals surface area (Å²) in [5.41, 5.74) is 0.995. The third-order valence-electron chi connectivity index (χ3n) is 5.01. The number of hydrogen-bond donors (Lipinski definition) is 1. The van der Waals surface area contributed by atoms with Gasteiger partial charge < -0.3 is 5.32 Å². The van der Waals surface area contributed by atoms with E-state index in [1.165, 1.54) is 4.31 Å². The molecule has 3 rings (SSSR count). The van der Waals surface area contributed by atoms with Crippen molar-refractivity contribution in [1.82, 2.24) is 9.62 Å². The van der Waals surface area contributed by atoms with Gasteiger partial charge in [-0.1, -0.05) is 30.3 Å². The SMILES string of the molecule is CC(NC(=O)C1CCN(S(=O)(=O)c2ccc(F)c(F)c2)CC1)c1ccccc1. The fourth-order valence-corrected chi connectivity index (χ4v) is 4.78. The third-order valence-corrected chi connectivity index (χ3v) is 6.91. The lowest BCUT2D eigenvalue weighted by atomic mass is 9.96. The number of benzene rings is 2. The van der Waals surface area contributed by atoms with Crippen molar-refractivity contribution in [3.05, 3.63) is 65.7 Å². The van der Waals surface area contributed by atoms with Crippen molar-refractivity contribution < 1.29 is 22.0 Å². The monoisotopic (exact) mass is 408 g/mol. The van der Waals surface area contributed by atoms with Crippen LogP contribution in [0.4, 0.5) is 8.78 Å². The molecule has 5 nitrogen and oxygen atoms in total. The molecular formula is C20H22F2N2O3S. The molecule has 1 unspecified atom stereocenters. The molecule has 8 heteroatoms. The van der Waals surface area contributed by atoms with Crippen LogP contribution in [0.5, 0.6) is 0 Å². The molecule has 150 valence electrons. The van der Waals surface area contributed by atoms with Gasteiger partial charge in [-0.05, 0) is 43.5 Å². The van der Waals surface area contributed by atoms with E-state index >= 15 is 0 Å². The van der Waals surface area contributed by atoms with Gasteiger partial charge in [0.05, 0.1) is 10.9 Å². The lowest BCUT2D eigenvalue weighted by molar-refractivity contribution is -0.126. The Kier molecular flexibility index (Phi) is 6.10. The summed E-state index contributed by atoms with van der Waals surface area (Å²) in [6, 6.07) is 12.0. The summed E-state index contributed by atoms with van der Waals surface area (Å²) in [5, 5.41) is 2.97. The van der Waals surface area contributed by atoms with Crippen molar-refractivity contribution in [3.63, 3.8) is 0 Å². The van der Waals surface area contributed by atoms with Crippen LogP contribution in [0, 0.1) is 17.6 Å². The summed E-state index contributed by atoms with van der Waals surface area (Å²) in [4.78, 5) is 12.2. The van der Waals surface area contributed by atoms with Gasteiger partial charge in [-0.15, -0.1) is 0 Å². The van der Waals surface area contributed by atoms with Crippen LogP contribution in [-0.4, -0.2) is 31.7 Å². The minimum Gasteiger partial charge on any atom is -0.349 e. The van der Waals surface area contributed by atoms with Gasteiger partial charge in [0.25, 0.3) is 0 Å². The van der Waals surface area contributed by atoms with Crippen molar-refractivity contribution >= 4 is 15.9 Å². The molecule has 1 saturated heterocycles. The van der Waals surface area contributed by atoms with Crippen LogP contribution in [0.1, 0.15) is 31.4 Å². The number of amides is 1. The number of nitrogens with zero attached hydrogens (tertiary/aromatic N) is 1. The Morgan fingerprint density at radius 3 is 2.32 bits per heavy atom. The summed E-state index contributed by atoms with van der Waals surface area (Å²) in [5.74, 6) is -2.70. The highest BCUT2D eigenvalue weighted by Gasteiger charge is 2.32. The minimum absolute atomic E-state index is 0.110. The second-order valence-electron chi connectivity index (χ2n) is 6.90. The largest absolute Gasteiger partial charge is 0.349 e. The second kappa shape index (κ2) is 8.36. The maximum atomic E-state index is 13.4. The Morgan fingerprint density at radius 1 is 1.07 bits per heavy atom. The van der Waals surface area contributed by atoms with E-state index in [-0.39, 0.29) is 35.9 Å². The molecule has 0 aliphatic carbocycles. The molecule has 1 atom stereocenters. The number of piperidine rings is 1. The maximum Gasteiger partial charge on any atom is 0.243 e. The Bertz CT molecular complexity index is 943. The van der Waals surface area contributed by atoms with Crippen molar-refractivity contribution in [2.24, 2.45) is 5.92 Å². The van der Waals surface area contributed by atoms with Gasteiger partial charge in [0, 0.05) is 19.0 Å². The zero-order chi connectivity index (χ0) is 20.3. The van der Waals surface area contributed by atoms with Gasteiger partial charge in [0.15, 0.2) is 11.6 Å². The molecule has 1 aliphatic rings. The van der Waals surface area contributed by atoms with Crippen LogP contribution in [-0.2, 0) is 14.8 Å². The molecule has 0 aromatic heterocycles. The molecule has 1 fully saturated rings. The van der Waals surface area contributed by atoms with E-state index in [4.69, 9.17) is 0 Å². The van der Waals surface area contributed by atoms with Crippen LogP contribution in [0.2, 0.25) is 0 Å². The van der Waals surface area contributed by atoms with Crippen molar-refractivity contribution in [3.8, 4) is 0 Å². The van der Waals surface area contributed by atoms with E-state index in [2.05, 4.69) is 5.32 Å². The van der Waals surface area contributed by atoms with Crippen molar-refractivity contribution in [2.75, 3.05) is 13.1 Å². The zero-order valence-corrected chi connectivity index (χ0v) is 16.3. The van der Waals surface area contributed by atoms with Crippen molar-refractivity contribution in [2.45, 2.75) is 30.7 Å². The van der Waals surface area contributed by atoms with E-state index in [0.29, 0.717) is 18.9 Å². The Balaban J connectivity index is 1.60. The molecule has 1 amide bonds. The number of hydrogen-bond acceptors (Lipinski definition) is 3. The maximum absolute atomic E-state index is 13.4. The molecule has 0 bridgehead atoms. The first-order valence-corrected chi connectivity index (χ1v) is 10.5. The molecule has 1 aliphatic heterocycles. The smallest absolute Gasteiger partial charge is 0.243 e. The first kappa shape index (κ1) is 20.4. The molecule has 28 heavy (non-hydrogen) atoms. The molecule has 1 heterocycles. The Morgan fingerprint density at radius 2 is 1.71 bits per heavy atom. The number of halogens is 2. The quantitative estimate of drug-likeness (QED) is 0.826. The number of carbonyl (C=O) groups excluding carboxylic acids is 1. The first-order valence-electron chi connectivity index (χ1n) is 9.09. The number of nitrogens with one attached hydrogen (secondary N) is 1. The topological polar surface area (TPSA) is 66.5 Å². The molecule has 2 aromatic carbocycles. The molecule has 0 saturated carbocycles. The lowest BCUT2D eigenvalue weighted by Crippen LogP contribution is -2.43. The molecule has 1 N–H and O–H groups in total. The predicted molar refractivity (Wildman–Crippen MR) is 101 cm³/mol. The normalized spacial score (nSPS) is 17.2. The number of carbonyl (C=O) groups is 1. The summed E-state index contributed by atoms with van der Waals surface area (Å²) >= 11 is 0. The summed E-state index contributed by atoms with van der Waals surface area (Å²) in [7, 11) is -3.92. The Labute approximate surface area is 163 Å². The summed E-state index contributed by atoms with van der Waals surface area (Å²) in [6.07, 6.45) is 0.743. The Hall–Kier alpha value is -2.32. The van der Waals surface area contributed by atoms with Crippen molar-refractivity contribution in [1.29, 1.82) is 0 Å². The molecule has 0 radical (unpaired) electrons. The molecule has 0 spiro atoms. The van der Waals surface area contributed by atoms with Gasteiger partial charge in [0.2, 0.25) is 15.9 Å².